The minimum absolute atomic E-state index is 0.232. The molecule has 1 aliphatic heterocycles. The highest BCUT2D eigenvalue weighted by atomic mass is 35.5. The predicted octanol–water partition coefficient (Wildman–Crippen LogP) is 4.89. The molecule has 0 saturated carbocycles. The molecule has 2 aromatic carbocycles. The molecule has 0 aromatic heterocycles. The highest BCUT2D eigenvalue weighted by molar-refractivity contribution is 7.89. The molecule has 1 unspecified atom stereocenters. The van der Waals surface area contributed by atoms with Gasteiger partial charge in [-0.05, 0) is 42.6 Å². The third-order valence-corrected chi connectivity index (χ3v) is 8.91. The third-order valence-electron chi connectivity index (χ3n) is 6.55. The molecular formula is C26H38ClN3O2S. The van der Waals surface area contributed by atoms with Gasteiger partial charge in [0.25, 0.3) is 0 Å². The van der Waals surface area contributed by atoms with Crippen LogP contribution in [0.2, 0.25) is 5.02 Å². The minimum Gasteiger partial charge on any atom is -0.301 e. The maximum Gasteiger partial charge on any atom is 0.214 e. The Bertz CT molecular complexity index is 926. The summed E-state index contributed by atoms with van der Waals surface area (Å²) in [6.45, 7) is 10.1. The smallest absolute Gasteiger partial charge is 0.214 e. The van der Waals surface area contributed by atoms with E-state index in [1.54, 1.807) is 4.31 Å². The van der Waals surface area contributed by atoms with Crippen LogP contribution >= 0.6 is 11.6 Å². The van der Waals surface area contributed by atoms with Crippen molar-refractivity contribution in [3.8, 4) is 0 Å². The molecule has 1 heterocycles. The standard InChI is InChI=1S/C26H38ClN3O2S/c1-3-30(4-2)33(31,32)22-10-6-9-17-28-18-20-29(21-19-28)26(23-11-7-5-8-12-23)24-13-15-25(27)16-14-24/h5,7-8,11-16,26H,3-4,6,9-10,17-22H2,1-2H3. The molecule has 0 amide bonds. The van der Waals surface area contributed by atoms with Crippen molar-refractivity contribution in [2.45, 2.75) is 39.2 Å². The van der Waals surface area contributed by atoms with E-state index in [1.807, 2.05) is 26.0 Å². The number of halogens is 1. The second-order valence-corrected chi connectivity index (χ2v) is 11.2. The first kappa shape index (κ1) is 26.2. The van der Waals surface area contributed by atoms with Crippen LogP contribution in [0.15, 0.2) is 54.6 Å². The first-order valence-electron chi connectivity index (χ1n) is 12.2. The van der Waals surface area contributed by atoms with E-state index in [-0.39, 0.29) is 11.8 Å². The molecule has 0 N–H and O–H groups in total. The van der Waals surface area contributed by atoms with E-state index in [2.05, 4.69) is 52.3 Å². The monoisotopic (exact) mass is 491 g/mol. The largest absolute Gasteiger partial charge is 0.301 e. The van der Waals surface area contributed by atoms with Crippen molar-refractivity contribution >= 4 is 21.6 Å². The van der Waals surface area contributed by atoms with Crippen LogP contribution in [0.5, 0.6) is 0 Å². The van der Waals surface area contributed by atoms with Crippen LogP contribution in [0.1, 0.15) is 50.3 Å². The van der Waals surface area contributed by atoms with Crippen molar-refractivity contribution in [1.29, 1.82) is 0 Å². The van der Waals surface area contributed by atoms with Gasteiger partial charge >= 0.3 is 0 Å². The SMILES string of the molecule is CCN(CC)S(=O)(=O)CCCCCN1CCN(C(c2ccccc2)c2ccc(Cl)cc2)CC1. The van der Waals surface area contributed by atoms with Crippen LogP contribution in [0, 0.1) is 0 Å². The number of piperazine rings is 1. The zero-order valence-electron chi connectivity index (χ0n) is 20.0. The van der Waals surface area contributed by atoms with E-state index in [0.29, 0.717) is 13.1 Å². The molecule has 0 radical (unpaired) electrons. The van der Waals surface area contributed by atoms with E-state index in [4.69, 9.17) is 11.6 Å². The average Bonchev–Trinajstić information content (AvgIpc) is 2.82. The van der Waals surface area contributed by atoms with Gasteiger partial charge < -0.3 is 4.90 Å². The van der Waals surface area contributed by atoms with Gasteiger partial charge in [-0.3, -0.25) is 4.90 Å². The summed E-state index contributed by atoms with van der Waals surface area (Å²) >= 11 is 6.14. The van der Waals surface area contributed by atoms with Gasteiger partial charge in [-0.1, -0.05) is 74.3 Å². The fourth-order valence-electron chi connectivity index (χ4n) is 4.68. The van der Waals surface area contributed by atoms with Gasteiger partial charge in [-0.2, -0.15) is 0 Å². The quantitative estimate of drug-likeness (QED) is 0.396. The van der Waals surface area contributed by atoms with Gasteiger partial charge in [-0.15, -0.1) is 0 Å². The Morgan fingerprint density at radius 3 is 2.06 bits per heavy atom. The van der Waals surface area contributed by atoms with Crippen molar-refractivity contribution in [3.63, 3.8) is 0 Å². The summed E-state index contributed by atoms with van der Waals surface area (Å²) in [5.74, 6) is 0.266. The molecule has 1 aliphatic rings. The predicted molar refractivity (Wildman–Crippen MR) is 138 cm³/mol. The molecule has 0 spiro atoms. The van der Waals surface area contributed by atoms with Crippen molar-refractivity contribution in [3.05, 3.63) is 70.7 Å². The van der Waals surface area contributed by atoms with E-state index in [1.165, 1.54) is 11.1 Å². The first-order valence-corrected chi connectivity index (χ1v) is 14.2. The van der Waals surface area contributed by atoms with Gasteiger partial charge in [0.2, 0.25) is 10.0 Å². The summed E-state index contributed by atoms with van der Waals surface area (Å²) in [5.41, 5.74) is 2.58. The van der Waals surface area contributed by atoms with E-state index >= 15 is 0 Å². The fourth-order valence-corrected chi connectivity index (χ4v) is 6.42. The Hall–Kier alpha value is -1.44. The molecule has 3 rings (SSSR count). The summed E-state index contributed by atoms with van der Waals surface area (Å²) in [6, 6.07) is 19.1. The molecule has 5 nitrogen and oxygen atoms in total. The van der Waals surface area contributed by atoms with Crippen LogP contribution in [-0.2, 0) is 10.0 Å². The Labute approximate surface area is 205 Å². The molecule has 7 heteroatoms. The molecule has 2 aromatic rings. The van der Waals surface area contributed by atoms with Crippen molar-refractivity contribution < 1.29 is 8.42 Å². The second-order valence-electron chi connectivity index (χ2n) is 8.70. The topological polar surface area (TPSA) is 43.9 Å². The Kier molecular flexibility index (Phi) is 10.2. The Morgan fingerprint density at radius 2 is 1.45 bits per heavy atom. The highest BCUT2D eigenvalue weighted by Crippen LogP contribution is 2.30. The summed E-state index contributed by atoms with van der Waals surface area (Å²) in [6.07, 6.45) is 2.75. The van der Waals surface area contributed by atoms with Crippen LogP contribution in [0.25, 0.3) is 0 Å². The number of hydrogen-bond donors (Lipinski definition) is 0. The lowest BCUT2D eigenvalue weighted by molar-refractivity contribution is 0.108. The third kappa shape index (κ3) is 7.52. The van der Waals surface area contributed by atoms with Crippen LogP contribution in [0.4, 0.5) is 0 Å². The molecule has 182 valence electrons. The van der Waals surface area contributed by atoms with Gasteiger partial charge in [0.15, 0.2) is 0 Å². The second kappa shape index (κ2) is 12.9. The van der Waals surface area contributed by atoms with E-state index in [9.17, 15) is 8.42 Å². The van der Waals surface area contributed by atoms with Gasteiger partial charge in [0, 0.05) is 44.3 Å². The summed E-state index contributed by atoms with van der Waals surface area (Å²) in [4.78, 5) is 5.07. The lowest BCUT2D eigenvalue weighted by atomic mass is 9.96. The van der Waals surface area contributed by atoms with Crippen LogP contribution in [-0.4, -0.2) is 74.1 Å². The number of hydrogen-bond acceptors (Lipinski definition) is 4. The molecule has 1 atom stereocenters. The molecule has 1 fully saturated rings. The van der Waals surface area contributed by atoms with E-state index in [0.717, 1.165) is 57.0 Å². The number of rotatable bonds is 12. The number of sulfonamides is 1. The van der Waals surface area contributed by atoms with Gasteiger partial charge in [-0.25, -0.2) is 12.7 Å². The minimum atomic E-state index is -3.10. The van der Waals surface area contributed by atoms with Crippen molar-refractivity contribution in [2.75, 3.05) is 51.6 Å². The van der Waals surface area contributed by atoms with Crippen molar-refractivity contribution in [1.82, 2.24) is 14.1 Å². The number of nitrogens with zero attached hydrogens (tertiary/aromatic N) is 3. The molecular weight excluding hydrogens is 454 g/mol. The maximum atomic E-state index is 12.3. The summed E-state index contributed by atoms with van der Waals surface area (Å²) in [7, 11) is -3.10. The zero-order chi connectivity index (χ0) is 23.7. The average molecular weight is 492 g/mol. The number of unbranched alkanes of at least 4 members (excludes halogenated alkanes) is 2. The van der Waals surface area contributed by atoms with Gasteiger partial charge in [0.1, 0.15) is 0 Å². The molecule has 0 aliphatic carbocycles. The highest BCUT2D eigenvalue weighted by Gasteiger charge is 2.26. The lowest BCUT2D eigenvalue weighted by Crippen LogP contribution is -2.48. The Morgan fingerprint density at radius 1 is 0.848 bits per heavy atom. The van der Waals surface area contributed by atoms with Crippen molar-refractivity contribution in [2.24, 2.45) is 0 Å². The zero-order valence-corrected chi connectivity index (χ0v) is 21.6. The first-order chi connectivity index (χ1) is 15.9. The molecule has 33 heavy (non-hydrogen) atoms. The molecule has 0 bridgehead atoms. The van der Waals surface area contributed by atoms with E-state index < -0.39 is 10.0 Å². The summed E-state index contributed by atoms with van der Waals surface area (Å²) in [5, 5.41) is 0.764. The number of benzene rings is 2. The van der Waals surface area contributed by atoms with Crippen LogP contribution < -0.4 is 0 Å². The summed E-state index contributed by atoms with van der Waals surface area (Å²) < 4.78 is 26.2. The fraction of sp³-hybridized carbons (Fsp3) is 0.538. The van der Waals surface area contributed by atoms with Crippen LogP contribution in [0.3, 0.4) is 0 Å². The normalized spacial score (nSPS) is 16.8. The maximum absolute atomic E-state index is 12.3. The molecule has 1 saturated heterocycles. The van der Waals surface area contributed by atoms with Gasteiger partial charge in [0.05, 0.1) is 11.8 Å². The Balaban J connectivity index is 1.48. The lowest BCUT2D eigenvalue weighted by Gasteiger charge is -2.40.